The Bertz CT molecular complexity index is 247. The Morgan fingerprint density at radius 2 is 2.38 bits per heavy atom. The number of nitrogens with zero attached hydrogens (tertiary/aromatic N) is 3. The molecule has 0 unspecified atom stereocenters. The molecule has 1 heterocycles. The van der Waals surface area contributed by atoms with Gasteiger partial charge in [0.05, 0.1) is 6.20 Å². The van der Waals surface area contributed by atoms with Crippen molar-refractivity contribution in [1.29, 1.82) is 0 Å². The van der Waals surface area contributed by atoms with Crippen LogP contribution in [0, 0.1) is 0 Å². The molecule has 0 aliphatic carbocycles. The summed E-state index contributed by atoms with van der Waals surface area (Å²) in [5.74, 6) is 0. The van der Waals surface area contributed by atoms with E-state index in [1.165, 1.54) is 5.56 Å². The zero-order valence-corrected chi connectivity index (χ0v) is 9.79. The molecule has 4 heteroatoms. The van der Waals surface area contributed by atoms with Gasteiger partial charge in [-0.05, 0) is 14.0 Å². The monoisotopic (exact) mass is 245 g/mol. The molecule has 0 spiro atoms. The van der Waals surface area contributed by atoms with E-state index in [9.17, 15) is 0 Å². The highest BCUT2D eigenvalue weighted by atomic mass is 79.9. The van der Waals surface area contributed by atoms with E-state index in [2.05, 4.69) is 46.1 Å². The van der Waals surface area contributed by atoms with Crippen LogP contribution in [0.1, 0.15) is 12.5 Å². The van der Waals surface area contributed by atoms with Gasteiger partial charge >= 0.3 is 0 Å². The van der Waals surface area contributed by atoms with Gasteiger partial charge in [-0.1, -0.05) is 15.9 Å². The number of hydrogen-bond acceptors (Lipinski definition) is 2. The summed E-state index contributed by atoms with van der Waals surface area (Å²) in [4.78, 5) is 2.27. The van der Waals surface area contributed by atoms with Gasteiger partial charge in [-0.2, -0.15) is 5.10 Å². The second-order valence-electron chi connectivity index (χ2n) is 3.13. The lowest BCUT2D eigenvalue weighted by molar-refractivity contribution is 0.349. The molecule has 1 rings (SSSR count). The van der Waals surface area contributed by atoms with Gasteiger partial charge < -0.3 is 4.90 Å². The Kier molecular flexibility index (Phi) is 4.45. The molecule has 0 fully saturated rings. The third-order valence-electron chi connectivity index (χ3n) is 1.93. The van der Waals surface area contributed by atoms with Crippen LogP contribution in [0.2, 0.25) is 0 Å². The largest absolute Gasteiger partial charge is 0.301 e. The summed E-state index contributed by atoms with van der Waals surface area (Å²) in [5, 5.41) is 5.25. The van der Waals surface area contributed by atoms with Gasteiger partial charge in [0.15, 0.2) is 0 Å². The van der Waals surface area contributed by atoms with Gasteiger partial charge in [0, 0.05) is 36.7 Å². The van der Waals surface area contributed by atoms with Gasteiger partial charge in [-0.15, -0.1) is 0 Å². The van der Waals surface area contributed by atoms with Crippen LogP contribution in [0.15, 0.2) is 12.4 Å². The van der Waals surface area contributed by atoms with Gasteiger partial charge in [-0.3, -0.25) is 4.68 Å². The van der Waals surface area contributed by atoms with Gasteiger partial charge in [0.2, 0.25) is 0 Å². The van der Waals surface area contributed by atoms with E-state index in [0.29, 0.717) is 0 Å². The highest BCUT2D eigenvalue weighted by Gasteiger charge is 2.01. The van der Waals surface area contributed by atoms with Gasteiger partial charge in [-0.25, -0.2) is 0 Å². The maximum absolute atomic E-state index is 4.23. The fraction of sp³-hybridized carbons (Fsp3) is 0.667. The molecule has 0 radical (unpaired) electrons. The summed E-state index contributed by atoms with van der Waals surface area (Å²) < 4.78 is 1.96. The third-order valence-corrected chi connectivity index (χ3v) is 2.28. The van der Waals surface area contributed by atoms with Gasteiger partial charge in [0.1, 0.15) is 0 Å². The second kappa shape index (κ2) is 5.40. The van der Waals surface area contributed by atoms with Crippen LogP contribution in [0.3, 0.4) is 0 Å². The van der Waals surface area contributed by atoms with Crippen LogP contribution in [-0.2, 0) is 13.1 Å². The molecule has 1 aromatic heterocycles. The van der Waals surface area contributed by atoms with Crippen LogP contribution in [-0.4, -0.2) is 33.6 Å². The fourth-order valence-electron chi connectivity index (χ4n) is 1.20. The molecule has 0 saturated carbocycles. The summed E-state index contributed by atoms with van der Waals surface area (Å²) in [5.41, 5.74) is 1.28. The summed E-state index contributed by atoms with van der Waals surface area (Å²) in [6.45, 7) is 5.09. The van der Waals surface area contributed by atoms with Crippen LogP contribution in [0.25, 0.3) is 0 Å². The first kappa shape index (κ1) is 10.7. The average molecular weight is 246 g/mol. The van der Waals surface area contributed by atoms with E-state index in [1.807, 2.05) is 10.9 Å². The lowest BCUT2D eigenvalue weighted by Crippen LogP contribution is -2.19. The highest BCUT2D eigenvalue weighted by Crippen LogP contribution is 2.02. The van der Waals surface area contributed by atoms with Crippen molar-refractivity contribution in [3.05, 3.63) is 18.0 Å². The van der Waals surface area contributed by atoms with Crippen molar-refractivity contribution in [3.8, 4) is 0 Å². The molecule has 0 N–H and O–H groups in total. The summed E-state index contributed by atoms with van der Waals surface area (Å²) in [6, 6.07) is 0. The molecule has 0 bridgehead atoms. The number of alkyl halides is 1. The van der Waals surface area contributed by atoms with Crippen LogP contribution < -0.4 is 0 Å². The van der Waals surface area contributed by atoms with E-state index in [0.717, 1.165) is 25.0 Å². The predicted octanol–water partition coefficient (Wildman–Crippen LogP) is 1.73. The van der Waals surface area contributed by atoms with Crippen LogP contribution in [0.5, 0.6) is 0 Å². The smallest absolute Gasteiger partial charge is 0.0534 e. The van der Waals surface area contributed by atoms with Gasteiger partial charge in [0.25, 0.3) is 0 Å². The fourth-order valence-corrected chi connectivity index (χ4v) is 1.80. The molecule has 74 valence electrons. The molecule has 0 amide bonds. The molecule has 1 aromatic rings. The first-order valence-corrected chi connectivity index (χ1v) is 5.64. The molecule has 0 aromatic carbocycles. The Morgan fingerprint density at radius 1 is 1.62 bits per heavy atom. The van der Waals surface area contributed by atoms with E-state index in [1.54, 1.807) is 0 Å². The van der Waals surface area contributed by atoms with E-state index in [4.69, 9.17) is 0 Å². The van der Waals surface area contributed by atoms with Crippen molar-refractivity contribution in [3.63, 3.8) is 0 Å². The molecule has 0 saturated heterocycles. The highest BCUT2D eigenvalue weighted by molar-refractivity contribution is 9.09. The average Bonchev–Trinajstić information content (AvgIpc) is 2.52. The Hall–Kier alpha value is -0.350. The van der Waals surface area contributed by atoms with Crippen LogP contribution in [0.4, 0.5) is 0 Å². The first-order chi connectivity index (χ1) is 6.26. The number of rotatable bonds is 5. The Labute approximate surface area is 87.9 Å². The Balaban J connectivity index is 2.44. The molecular weight excluding hydrogens is 230 g/mol. The Morgan fingerprint density at radius 3 is 2.92 bits per heavy atom. The van der Waals surface area contributed by atoms with Crippen molar-refractivity contribution in [2.45, 2.75) is 20.0 Å². The summed E-state index contributed by atoms with van der Waals surface area (Å²) in [7, 11) is 2.12. The van der Waals surface area contributed by atoms with Crippen LogP contribution >= 0.6 is 15.9 Å². The van der Waals surface area contributed by atoms with Crippen molar-refractivity contribution in [1.82, 2.24) is 14.7 Å². The topological polar surface area (TPSA) is 21.1 Å². The first-order valence-electron chi connectivity index (χ1n) is 4.52. The standard InChI is InChI=1S/C9H16BrN3/c1-3-13-8-9(6-11-13)7-12(2)5-4-10/h6,8H,3-5,7H2,1-2H3. The minimum absolute atomic E-state index is 0.947. The third kappa shape index (κ3) is 3.48. The molecule has 0 aliphatic heterocycles. The molecule has 0 aliphatic rings. The molecule has 3 nitrogen and oxygen atoms in total. The summed E-state index contributed by atoms with van der Waals surface area (Å²) in [6.07, 6.45) is 4.04. The SMILES string of the molecule is CCn1cc(CN(C)CCBr)cn1. The zero-order chi connectivity index (χ0) is 9.68. The zero-order valence-electron chi connectivity index (χ0n) is 8.20. The lowest BCUT2D eigenvalue weighted by atomic mass is 10.3. The minimum atomic E-state index is 0.947. The second-order valence-corrected chi connectivity index (χ2v) is 3.92. The summed E-state index contributed by atoms with van der Waals surface area (Å²) >= 11 is 3.42. The maximum Gasteiger partial charge on any atom is 0.0534 e. The quantitative estimate of drug-likeness (QED) is 0.738. The van der Waals surface area contributed by atoms with Crippen molar-refractivity contribution < 1.29 is 0 Å². The maximum atomic E-state index is 4.23. The minimum Gasteiger partial charge on any atom is -0.301 e. The van der Waals surface area contributed by atoms with Crippen molar-refractivity contribution in [2.24, 2.45) is 0 Å². The molecule has 0 atom stereocenters. The van der Waals surface area contributed by atoms with Crippen molar-refractivity contribution in [2.75, 3.05) is 18.9 Å². The van der Waals surface area contributed by atoms with E-state index < -0.39 is 0 Å². The predicted molar refractivity (Wildman–Crippen MR) is 58.0 cm³/mol. The van der Waals surface area contributed by atoms with E-state index >= 15 is 0 Å². The van der Waals surface area contributed by atoms with Crippen molar-refractivity contribution >= 4 is 15.9 Å². The van der Waals surface area contributed by atoms with E-state index in [-0.39, 0.29) is 0 Å². The number of hydrogen-bond donors (Lipinski definition) is 0. The number of aromatic nitrogens is 2. The number of halogens is 1. The normalized spacial score (nSPS) is 11.1. The molecular formula is C9H16BrN3. The molecule has 13 heavy (non-hydrogen) atoms. The number of aryl methyl sites for hydroxylation is 1. The lowest BCUT2D eigenvalue weighted by Gasteiger charge is -2.12.